The predicted molar refractivity (Wildman–Crippen MR) is 101 cm³/mol. The van der Waals surface area contributed by atoms with E-state index >= 15 is 0 Å². The van der Waals surface area contributed by atoms with E-state index in [-0.39, 0.29) is 0 Å². The number of nitrogens with zero attached hydrogens (tertiary/aromatic N) is 3. The molecule has 0 amide bonds. The Morgan fingerprint density at radius 1 is 1.32 bits per heavy atom. The van der Waals surface area contributed by atoms with Crippen LogP contribution in [-0.4, -0.2) is 63.6 Å². The van der Waals surface area contributed by atoms with Gasteiger partial charge in [-0.05, 0) is 26.3 Å². The maximum atomic E-state index is 5.44. The van der Waals surface area contributed by atoms with Crippen molar-refractivity contribution in [2.45, 2.75) is 26.8 Å². The zero-order valence-electron chi connectivity index (χ0n) is 15.5. The fourth-order valence-corrected chi connectivity index (χ4v) is 2.64. The van der Waals surface area contributed by atoms with Gasteiger partial charge in [-0.2, -0.15) is 0 Å². The molecule has 25 heavy (non-hydrogen) atoms. The quantitative estimate of drug-likeness (QED) is 0.399. The Morgan fingerprint density at radius 3 is 2.92 bits per heavy atom. The fraction of sp³-hybridized carbons (Fsp3) is 0.667. The van der Waals surface area contributed by atoms with Gasteiger partial charge in [0.2, 0.25) is 0 Å². The van der Waals surface area contributed by atoms with Crippen LogP contribution in [0.5, 0.6) is 0 Å². The summed E-state index contributed by atoms with van der Waals surface area (Å²) in [5, 5.41) is 6.64. The third-order valence-corrected chi connectivity index (χ3v) is 3.89. The maximum Gasteiger partial charge on any atom is 0.191 e. The standard InChI is InChI=1S/C18H31N5O2/c1-3-19-18(21-9-6-12-24-4-2)22-15-16-7-5-8-20-17(16)23-10-13-25-14-11-23/h5,7-8H,3-4,6,9-15H2,1-2H3,(H2,19,21,22). The molecule has 0 saturated carbocycles. The van der Waals surface area contributed by atoms with Crippen LogP contribution in [0.2, 0.25) is 0 Å². The number of hydrogen-bond donors (Lipinski definition) is 2. The van der Waals surface area contributed by atoms with E-state index in [2.05, 4.69) is 33.5 Å². The minimum atomic E-state index is 0.599. The first-order chi connectivity index (χ1) is 12.3. The molecular formula is C18H31N5O2. The van der Waals surface area contributed by atoms with Gasteiger partial charge in [-0.3, -0.25) is 0 Å². The predicted octanol–water partition coefficient (Wildman–Crippen LogP) is 1.40. The highest BCUT2D eigenvalue weighted by Gasteiger charge is 2.15. The summed E-state index contributed by atoms with van der Waals surface area (Å²) in [6, 6.07) is 4.07. The molecule has 0 bridgehead atoms. The number of guanidine groups is 1. The van der Waals surface area contributed by atoms with E-state index in [0.29, 0.717) is 6.54 Å². The number of pyridine rings is 1. The highest BCUT2D eigenvalue weighted by Crippen LogP contribution is 2.19. The highest BCUT2D eigenvalue weighted by molar-refractivity contribution is 5.79. The van der Waals surface area contributed by atoms with E-state index in [4.69, 9.17) is 14.5 Å². The van der Waals surface area contributed by atoms with Gasteiger partial charge in [0.25, 0.3) is 0 Å². The van der Waals surface area contributed by atoms with E-state index in [9.17, 15) is 0 Å². The topological polar surface area (TPSA) is 71.0 Å². The van der Waals surface area contributed by atoms with Gasteiger partial charge < -0.3 is 25.0 Å². The Kier molecular flexibility index (Phi) is 9.07. The van der Waals surface area contributed by atoms with Crippen LogP contribution in [-0.2, 0) is 16.0 Å². The van der Waals surface area contributed by atoms with Crippen molar-refractivity contribution in [2.24, 2.45) is 4.99 Å². The molecule has 1 aromatic heterocycles. The van der Waals surface area contributed by atoms with Crippen molar-refractivity contribution in [1.29, 1.82) is 0 Å². The van der Waals surface area contributed by atoms with E-state index < -0.39 is 0 Å². The molecule has 0 aromatic carbocycles. The second-order valence-corrected chi connectivity index (χ2v) is 5.76. The molecule has 0 aliphatic carbocycles. The molecule has 7 heteroatoms. The van der Waals surface area contributed by atoms with Gasteiger partial charge in [0.05, 0.1) is 19.8 Å². The lowest BCUT2D eigenvalue weighted by molar-refractivity contribution is 0.122. The lowest BCUT2D eigenvalue weighted by Crippen LogP contribution is -2.38. The average Bonchev–Trinajstić information content (AvgIpc) is 2.67. The summed E-state index contributed by atoms with van der Waals surface area (Å²) in [4.78, 5) is 11.6. The molecule has 2 rings (SSSR count). The fourth-order valence-electron chi connectivity index (χ4n) is 2.64. The van der Waals surface area contributed by atoms with Crippen LogP contribution in [0.4, 0.5) is 5.82 Å². The highest BCUT2D eigenvalue weighted by atomic mass is 16.5. The van der Waals surface area contributed by atoms with Crippen molar-refractivity contribution >= 4 is 11.8 Å². The molecule has 1 fully saturated rings. The monoisotopic (exact) mass is 349 g/mol. The van der Waals surface area contributed by atoms with E-state index in [1.54, 1.807) is 0 Å². The molecular weight excluding hydrogens is 318 g/mol. The zero-order chi connectivity index (χ0) is 17.7. The summed E-state index contributed by atoms with van der Waals surface area (Å²) in [5.74, 6) is 1.84. The second kappa shape index (κ2) is 11.7. The van der Waals surface area contributed by atoms with Gasteiger partial charge in [0, 0.05) is 51.2 Å². The van der Waals surface area contributed by atoms with Gasteiger partial charge in [-0.25, -0.2) is 9.98 Å². The summed E-state index contributed by atoms with van der Waals surface area (Å²) < 4.78 is 10.8. The van der Waals surface area contributed by atoms with Crippen molar-refractivity contribution in [3.05, 3.63) is 23.9 Å². The molecule has 0 radical (unpaired) electrons. The van der Waals surface area contributed by atoms with Gasteiger partial charge in [-0.15, -0.1) is 0 Å². The Labute approximate surface area is 150 Å². The largest absolute Gasteiger partial charge is 0.382 e. The molecule has 0 atom stereocenters. The van der Waals surface area contributed by atoms with Crippen molar-refractivity contribution < 1.29 is 9.47 Å². The van der Waals surface area contributed by atoms with Crippen molar-refractivity contribution in [3.63, 3.8) is 0 Å². The number of hydrogen-bond acceptors (Lipinski definition) is 5. The molecule has 7 nitrogen and oxygen atoms in total. The minimum absolute atomic E-state index is 0.599. The van der Waals surface area contributed by atoms with Crippen LogP contribution in [0.3, 0.4) is 0 Å². The van der Waals surface area contributed by atoms with Crippen LogP contribution < -0.4 is 15.5 Å². The first-order valence-electron chi connectivity index (χ1n) is 9.21. The van der Waals surface area contributed by atoms with Gasteiger partial charge in [0.1, 0.15) is 5.82 Å². The van der Waals surface area contributed by atoms with Crippen LogP contribution in [0, 0.1) is 0 Å². The molecule has 1 aliphatic heterocycles. The lowest BCUT2D eigenvalue weighted by Gasteiger charge is -2.29. The summed E-state index contributed by atoms with van der Waals surface area (Å²) in [5.41, 5.74) is 1.14. The number of ether oxygens (including phenoxy) is 2. The summed E-state index contributed by atoms with van der Waals surface area (Å²) in [6.07, 6.45) is 2.80. The Balaban J connectivity index is 1.94. The molecule has 1 saturated heterocycles. The summed E-state index contributed by atoms with van der Waals surface area (Å²) in [6.45, 7) is 11.2. The Bertz CT molecular complexity index is 518. The Morgan fingerprint density at radius 2 is 2.16 bits per heavy atom. The number of anilines is 1. The van der Waals surface area contributed by atoms with E-state index in [0.717, 1.165) is 76.4 Å². The molecule has 140 valence electrons. The maximum absolute atomic E-state index is 5.44. The van der Waals surface area contributed by atoms with E-state index in [1.807, 2.05) is 19.2 Å². The van der Waals surface area contributed by atoms with E-state index in [1.165, 1.54) is 0 Å². The van der Waals surface area contributed by atoms with Gasteiger partial charge in [-0.1, -0.05) is 6.07 Å². The number of aromatic nitrogens is 1. The van der Waals surface area contributed by atoms with Crippen molar-refractivity contribution in [1.82, 2.24) is 15.6 Å². The lowest BCUT2D eigenvalue weighted by atomic mass is 10.2. The second-order valence-electron chi connectivity index (χ2n) is 5.76. The summed E-state index contributed by atoms with van der Waals surface area (Å²) in [7, 11) is 0. The third-order valence-electron chi connectivity index (χ3n) is 3.89. The number of nitrogens with one attached hydrogen (secondary N) is 2. The third kappa shape index (κ3) is 6.88. The van der Waals surface area contributed by atoms with Crippen LogP contribution >= 0.6 is 0 Å². The van der Waals surface area contributed by atoms with Crippen LogP contribution in [0.1, 0.15) is 25.8 Å². The van der Waals surface area contributed by atoms with Crippen molar-refractivity contribution in [3.8, 4) is 0 Å². The first kappa shape index (κ1) is 19.5. The molecule has 0 spiro atoms. The molecule has 0 unspecified atom stereocenters. The number of aliphatic imine (C=N–C) groups is 1. The zero-order valence-corrected chi connectivity index (χ0v) is 15.5. The molecule has 2 heterocycles. The molecule has 1 aliphatic rings. The normalized spacial score (nSPS) is 15.3. The van der Waals surface area contributed by atoms with Crippen LogP contribution in [0.15, 0.2) is 23.3 Å². The number of morpholine rings is 1. The van der Waals surface area contributed by atoms with Crippen LogP contribution in [0.25, 0.3) is 0 Å². The first-order valence-corrected chi connectivity index (χ1v) is 9.21. The average molecular weight is 349 g/mol. The smallest absolute Gasteiger partial charge is 0.191 e. The summed E-state index contributed by atoms with van der Waals surface area (Å²) >= 11 is 0. The van der Waals surface area contributed by atoms with Gasteiger partial charge >= 0.3 is 0 Å². The van der Waals surface area contributed by atoms with Crippen molar-refractivity contribution in [2.75, 3.05) is 57.5 Å². The number of rotatable bonds is 9. The Hall–Kier alpha value is -1.86. The molecule has 2 N–H and O–H groups in total. The molecule has 1 aromatic rings. The minimum Gasteiger partial charge on any atom is -0.382 e. The SMILES string of the molecule is CCNC(=NCc1cccnc1N1CCOCC1)NCCCOCC. The van der Waals surface area contributed by atoms with Gasteiger partial charge in [0.15, 0.2) is 5.96 Å².